The molecule has 5 heteroatoms. The number of nitrogen functional groups attached to an aromatic ring is 1. The number of hydrogen-bond acceptors (Lipinski definition) is 4. The van der Waals surface area contributed by atoms with Gasteiger partial charge in [-0.15, -0.1) is 0 Å². The predicted molar refractivity (Wildman–Crippen MR) is 81.8 cm³/mol. The fraction of sp³-hybridized carbons (Fsp3) is 0.250. The molecule has 2 aromatic rings. The molecule has 1 aliphatic rings. The predicted octanol–water partition coefficient (Wildman–Crippen LogP) is 2.74. The fourth-order valence-electron chi connectivity index (χ4n) is 2.82. The van der Waals surface area contributed by atoms with E-state index >= 15 is 0 Å². The van der Waals surface area contributed by atoms with Gasteiger partial charge in [0.1, 0.15) is 0 Å². The van der Waals surface area contributed by atoms with E-state index in [2.05, 4.69) is 11.0 Å². The van der Waals surface area contributed by atoms with Gasteiger partial charge in [0.05, 0.1) is 4.92 Å². The third kappa shape index (κ3) is 2.87. The van der Waals surface area contributed by atoms with Crippen molar-refractivity contribution in [2.45, 2.75) is 19.5 Å². The van der Waals surface area contributed by atoms with Crippen molar-refractivity contribution in [1.82, 2.24) is 4.90 Å². The highest BCUT2D eigenvalue weighted by Crippen LogP contribution is 2.25. The minimum absolute atomic E-state index is 0.143. The van der Waals surface area contributed by atoms with E-state index in [0.717, 1.165) is 30.8 Å². The van der Waals surface area contributed by atoms with Crippen LogP contribution in [0.1, 0.15) is 16.7 Å². The van der Waals surface area contributed by atoms with Gasteiger partial charge in [-0.3, -0.25) is 15.0 Å². The zero-order chi connectivity index (χ0) is 14.8. The Hall–Kier alpha value is -2.40. The van der Waals surface area contributed by atoms with Gasteiger partial charge in [0.2, 0.25) is 0 Å². The molecule has 21 heavy (non-hydrogen) atoms. The zero-order valence-electron chi connectivity index (χ0n) is 11.7. The summed E-state index contributed by atoms with van der Waals surface area (Å²) in [5.74, 6) is 0. The summed E-state index contributed by atoms with van der Waals surface area (Å²) in [5.41, 5.74) is 10.5. The van der Waals surface area contributed by atoms with E-state index in [4.69, 9.17) is 5.73 Å². The molecule has 0 aromatic heterocycles. The molecule has 0 saturated heterocycles. The van der Waals surface area contributed by atoms with Gasteiger partial charge in [0, 0.05) is 37.5 Å². The van der Waals surface area contributed by atoms with E-state index in [1.54, 1.807) is 12.1 Å². The molecule has 0 fully saturated rings. The van der Waals surface area contributed by atoms with E-state index in [1.165, 1.54) is 17.2 Å². The van der Waals surface area contributed by atoms with Crippen molar-refractivity contribution < 1.29 is 4.92 Å². The van der Waals surface area contributed by atoms with Crippen LogP contribution in [0.2, 0.25) is 0 Å². The molecule has 0 amide bonds. The molecule has 0 atom stereocenters. The van der Waals surface area contributed by atoms with Gasteiger partial charge in [-0.25, -0.2) is 0 Å². The van der Waals surface area contributed by atoms with E-state index in [0.29, 0.717) is 6.54 Å². The highest BCUT2D eigenvalue weighted by Gasteiger charge is 2.18. The molecule has 0 aliphatic carbocycles. The first-order valence-electron chi connectivity index (χ1n) is 6.95. The zero-order valence-corrected chi connectivity index (χ0v) is 11.7. The molecule has 0 unspecified atom stereocenters. The van der Waals surface area contributed by atoms with Crippen LogP contribution in [0.25, 0.3) is 0 Å². The lowest BCUT2D eigenvalue weighted by molar-refractivity contribution is -0.384. The average molecular weight is 283 g/mol. The number of rotatable bonds is 3. The van der Waals surface area contributed by atoms with Crippen molar-refractivity contribution in [3.05, 3.63) is 69.3 Å². The Labute approximate surface area is 123 Å². The first-order chi connectivity index (χ1) is 10.1. The summed E-state index contributed by atoms with van der Waals surface area (Å²) in [6.45, 7) is 2.44. The van der Waals surface area contributed by atoms with Crippen LogP contribution in [-0.4, -0.2) is 16.4 Å². The van der Waals surface area contributed by atoms with Crippen LogP contribution in [0.15, 0.2) is 42.5 Å². The van der Waals surface area contributed by atoms with Crippen molar-refractivity contribution in [3.8, 4) is 0 Å². The minimum atomic E-state index is -0.354. The maximum Gasteiger partial charge on any atom is 0.269 e. The standard InChI is InChI=1S/C16H17N3O2/c17-16-6-2-4-13-7-8-18(11-15(13)16)10-12-3-1-5-14(9-12)19(20)21/h1-6,9H,7-8,10-11,17H2. The second kappa shape index (κ2) is 5.54. The molecule has 1 aliphatic heterocycles. The fourth-order valence-corrected chi connectivity index (χ4v) is 2.82. The number of fused-ring (bicyclic) bond motifs is 1. The highest BCUT2D eigenvalue weighted by molar-refractivity contribution is 5.51. The van der Waals surface area contributed by atoms with E-state index in [1.807, 2.05) is 18.2 Å². The van der Waals surface area contributed by atoms with E-state index in [9.17, 15) is 10.1 Å². The summed E-state index contributed by atoms with van der Waals surface area (Å²) in [5, 5.41) is 10.8. The minimum Gasteiger partial charge on any atom is -0.398 e. The van der Waals surface area contributed by atoms with Gasteiger partial charge in [-0.05, 0) is 29.2 Å². The average Bonchev–Trinajstić information content (AvgIpc) is 2.48. The summed E-state index contributed by atoms with van der Waals surface area (Å²) >= 11 is 0. The van der Waals surface area contributed by atoms with Gasteiger partial charge in [0.25, 0.3) is 5.69 Å². The van der Waals surface area contributed by atoms with Crippen LogP contribution in [0, 0.1) is 10.1 Å². The second-order valence-electron chi connectivity index (χ2n) is 5.37. The Kier molecular flexibility index (Phi) is 3.58. The summed E-state index contributed by atoms with van der Waals surface area (Å²) in [4.78, 5) is 12.8. The summed E-state index contributed by atoms with van der Waals surface area (Å²) in [6, 6.07) is 12.9. The quantitative estimate of drug-likeness (QED) is 0.534. The van der Waals surface area contributed by atoms with Crippen molar-refractivity contribution in [3.63, 3.8) is 0 Å². The van der Waals surface area contributed by atoms with Gasteiger partial charge < -0.3 is 5.73 Å². The maximum atomic E-state index is 10.8. The number of nitrogens with two attached hydrogens (primary N) is 1. The molecule has 0 radical (unpaired) electrons. The Morgan fingerprint density at radius 1 is 1.24 bits per heavy atom. The maximum absolute atomic E-state index is 10.8. The molecule has 5 nitrogen and oxygen atoms in total. The molecule has 1 heterocycles. The highest BCUT2D eigenvalue weighted by atomic mass is 16.6. The number of benzene rings is 2. The lowest BCUT2D eigenvalue weighted by Crippen LogP contribution is -2.30. The lowest BCUT2D eigenvalue weighted by Gasteiger charge is -2.29. The lowest BCUT2D eigenvalue weighted by atomic mass is 9.98. The Morgan fingerprint density at radius 3 is 2.86 bits per heavy atom. The third-order valence-electron chi connectivity index (χ3n) is 3.92. The third-order valence-corrected chi connectivity index (χ3v) is 3.92. The van der Waals surface area contributed by atoms with Gasteiger partial charge in [-0.2, -0.15) is 0 Å². The van der Waals surface area contributed by atoms with Crippen molar-refractivity contribution >= 4 is 11.4 Å². The Morgan fingerprint density at radius 2 is 2.05 bits per heavy atom. The van der Waals surface area contributed by atoms with Gasteiger partial charge in [0.15, 0.2) is 0 Å². The van der Waals surface area contributed by atoms with E-state index < -0.39 is 0 Å². The Bertz CT molecular complexity index is 685. The number of nitro benzene ring substituents is 1. The van der Waals surface area contributed by atoms with Crippen LogP contribution in [-0.2, 0) is 19.5 Å². The van der Waals surface area contributed by atoms with Crippen LogP contribution >= 0.6 is 0 Å². The van der Waals surface area contributed by atoms with Crippen molar-refractivity contribution in [1.29, 1.82) is 0 Å². The number of nitrogens with zero attached hydrogens (tertiary/aromatic N) is 2. The van der Waals surface area contributed by atoms with Crippen molar-refractivity contribution in [2.75, 3.05) is 12.3 Å². The van der Waals surface area contributed by atoms with Crippen LogP contribution in [0.3, 0.4) is 0 Å². The van der Waals surface area contributed by atoms with Crippen LogP contribution < -0.4 is 5.73 Å². The SMILES string of the molecule is Nc1cccc2c1CN(Cc1cccc([N+](=O)[O-])c1)CC2. The number of nitro groups is 1. The topological polar surface area (TPSA) is 72.4 Å². The van der Waals surface area contributed by atoms with Gasteiger partial charge >= 0.3 is 0 Å². The normalized spacial score (nSPS) is 14.7. The molecular formula is C16H17N3O2. The monoisotopic (exact) mass is 283 g/mol. The molecule has 0 bridgehead atoms. The second-order valence-corrected chi connectivity index (χ2v) is 5.37. The van der Waals surface area contributed by atoms with E-state index in [-0.39, 0.29) is 10.6 Å². The van der Waals surface area contributed by atoms with Crippen LogP contribution in [0.4, 0.5) is 11.4 Å². The largest absolute Gasteiger partial charge is 0.398 e. The molecule has 2 N–H and O–H groups in total. The Balaban J connectivity index is 1.77. The molecule has 2 aromatic carbocycles. The number of non-ortho nitro benzene ring substituents is 1. The molecular weight excluding hydrogens is 266 g/mol. The first-order valence-corrected chi connectivity index (χ1v) is 6.95. The smallest absolute Gasteiger partial charge is 0.269 e. The summed E-state index contributed by atoms with van der Waals surface area (Å²) < 4.78 is 0. The molecule has 0 spiro atoms. The van der Waals surface area contributed by atoms with Crippen LogP contribution in [0.5, 0.6) is 0 Å². The molecule has 0 saturated carbocycles. The molecule has 3 rings (SSSR count). The molecule has 108 valence electrons. The van der Waals surface area contributed by atoms with Crippen molar-refractivity contribution in [2.24, 2.45) is 0 Å². The summed E-state index contributed by atoms with van der Waals surface area (Å²) in [7, 11) is 0. The summed E-state index contributed by atoms with van der Waals surface area (Å²) in [6.07, 6.45) is 0.968. The first kappa shape index (κ1) is 13.6. The van der Waals surface area contributed by atoms with Gasteiger partial charge in [-0.1, -0.05) is 24.3 Å². The number of hydrogen-bond donors (Lipinski definition) is 1. The number of anilines is 1.